The fraction of sp³-hybridized carbons (Fsp3) is 0.115. The number of hydrogen-bond donors (Lipinski definition) is 2. The summed E-state index contributed by atoms with van der Waals surface area (Å²) >= 11 is 0. The summed E-state index contributed by atoms with van der Waals surface area (Å²) in [6.45, 7) is 6.32. The molecule has 0 atom stereocenters. The van der Waals surface area contributed by atoms with Gasteiger partial charge in [-0.3, -0.25) is 9.59 Å². The summed E-state index contributed by atoms with van der Waals surface area (Å²) in [7, 11) is 0. The van der Waals surface area contributed by atoms with Crippen LogP contribution in [0.3, 0.4) is 0 Å². The summed E-state index contributed by atoms with van der Waals surface area (Å²) in [5.74, 6) is -0.891. The molecule has 2 amide bonds. The number of rotatable bonds is 5. The molecule has 0 aliphatic heterocycles. The number of benzene rings is 3. The topological polar surface area (TPSA) is 82.0 Å². The lowest BCUT2D eigenvalue weighted by Gasteiger charge is -2.16. The Morgan fingerprint density at radius 3 is 2.00 bits per heavy atom. The average molecular weight is 463 g/mol. The minimum absolute atomic E-state index is 0.0620. The number of carbonyl (C=O) groups is 2. The second-order valence-electron chi connectivity index (χ2n) is 7.64. The third-order valence-corrected chi connectivity index (χ3v) is 5.12. The van der Waals surface area contributed by atoms with Gasteiger partial charge in [0.05, 0.1) is 17.2 Å². The van der Waals surface area contributed by atoms with Crippen LogP contribution in [0.25, 0.3) is 5.57 Å². The van der Waals surface area contributed by atoms with Gasteiger partial charge in [-0.2, -0.15) is 18.4 Å². The molecule has 0 aliphatic carbocycles. The van der Waals surface area contributed by atoms with E-state index in [0.717, 1.165) is 0 Å². The molecule has 0 spiro atoms. The van der Waals surface area contributed by atoms with Crippen LogP contribution in [-0.4, -0.2) is 18.0 Å². The lowest BCUT2D eigenvalue weighted by Crippen LogP contribution is -2.16. The molecule has 0 unspecified atom stereocenters. The van der Waals surface area contributed by atoms with Crippen molar-refractivity contribution in [2.75, 3.05) is 10.6 Å². The second kappa shape index (κ2) is 9.63. The summed E-state index contributed by atoms with van der Waals surface area (Å²) in [5, 5.41) is 14.3. The van der Waals surface area contributed by atoms with Gasteiger partial charge >= 0.3 is 6.18 Å². The van der Waals surface area contributed by atoms with Gasteiger partial charge < -0.3 is 10.6 Å². The Kier molecular flexibility index (Phi) is 6.87. The number of amides is 2. The highest BCUT2D eigenvalue weighted by Gasteiger charge is 2.33. The van der Waals surface area contributed by atoms with Gasteiger partial charge in [0.15, 0.2) is 0 Å². The molecule has 0 fully saturated rings. The van der Waals surface area contributed by atoms with Crippen LogP contribution in [0.5, 0.6) is 0 Å². The van der Waals surface area contributed by atoms with E-state index in [1.807, 2.05) is 6.07 Å². The maximum absolute atomic E-state index is 13.0. The number of hydrogen-bond acceptors (Lipinski definition) is 3. The van der Waals surface area contributed by atoms with Gasteiger partial charge in [0.2, 0.25) is 0 Å². The van der Waals surface area contributed by atoms with E-state index in [-0.39, 0.29) is 11.1 Å². The van der Waals surface area contributed by atoms with Crippen molar-refractivity contribution in [3.05, 3.63) is 101 Å². The number of alkyl halides is 3. The minimum atomic E-state index is -4.55. The molecule has 8 heteroatoms. The Hall–Kier alpha value is -4.38. The van der Waals surface area contributed by atoms with E-state index >= 15 is 0 Å². The fourth-order valence-corrected chi connectivity index (χ4v) is 3.32. The van der Waals surface area contributed by atoms with Crippen LogP contribution in [0, 0.1) is 25.2 Å². The predicted molar refractivity (Wildman–Crippen MR) is 125 cm³/mol. The predicted octanol–water partition coefficient (Wildman–Crippen LogP) is 6.26. The molecule has 0 heterocycles. The number of halogens is 3. The molecular weight excluding hydrogens is 443 g/mol. The van der Waals surface area contributed by atoms with Gasteiger partial charge in [-0.25, -0.2) is 0 Å². The van der Waals surface area contributed by atoms with Crippen LogP contribution in [0.15, 0.2) is 67.2 Å². The zero-order valence-electron chi connectivity index (χ0n) is 18.4. The smallest absolute Gasteiger partial charge is 0.322 e. The molecular formula is C26H20F3N3O2. The Bertz CT molecular complexity index is 1300. The quantitative estimate of drug-likeness (QED) is 0.469. The van der Waals surface area contributed by atoms with Crippen molar-refractivity contribution in [2.45, 2.75) is 20.0 Å². The zero-order valence-corrected chi connectivity index (χ0v) is 18.4. The van der Waals surface area contributed by atoms with E-state index in [1.54, 1.807) is 32.0 Å². The Morgan fingerprint density at radius 2 is 1.44 bits per heavy atom. The minimum Gasteiger partial charge on any atom is -0.322 e. The highest BCUT2D eigenvalue weighted by atomic mass is 19.4. The summed E-state index contributed by atoms with van der Waals surface area (Å²) in [6, 6.07) is 17.0. The maximum atomic E-state index is 13.0. The molecule has 0 saturated heterocycles. The van der Waals surface area contributed by atoms with Crippen molar-refractivity contribution in [3.63, 3.8) is 0 Å². The second-order valence-corrected chi connectivity index (χ2v) is 7.64. The monoisotopic (exact) mass is 463 g/mol. The van der Waals surface area contributed by atoms with Gasteiger partial charge in [-0.05, 0) is 85.1 Å². The fourth-order valence-electron chi connectivity index (χ4n) is 3.32. The third-order valence-electron chi connectivity index (χ3n) is 5.12. The molecule has 0 aromatic heterocycles. The van der Waals surface area contributed by atoms with E-state index in [2.05, 4.69) is 17.2 Å². The Morgan fingerprint density at radius 1 is 0.853 bits per heavy atom. The van der Waals surface area contributed by atoms with Crippen molar-refractivity contribution in [1.82, 2.24) is 0 Å². The van der Waals surface area contributed by atoms with Crippen LogP contribution in [0.2, 0.25) is 0 Å². The van der Waals surface area contributed by atoms with Gasteiger partial charge in [-0.15, -0.1) is 0 Å². The molecule has 2 N–H and O–H groups in total. The highest BCUT2D eigenvalue weighted by Crippen LogP contribution is 2.35. The molecule has 172 valence electrons. The van der Waals surface area contributed by atoms with Gasteiger partial charge in [0, 0.05) is 22.5 Å². The van der Waals surface area contributed by atoms with E-state index in [9.17, 15) is 22.8 Å². The first kappa shape index (κ1) is 24.3. The number of aryl methyl sites for hydroxylation is 2. The molecule has 0 bridgehead atoms. The van der Waals surface area contributed by atoms with Gasteiger partial charge in [-0.1, -0.05) is 12.6 Å². The molecule has 0 aliphatic rings. The summed E-state index contributed by atoms with van der Waals surface area (Å²) in [6.07, 6.45) is -4.55. The Labute approximate surface area is 194 Å². The van der Waals surface area contributed by atoms with E-state index in [0.29, 0.717) is 33.6 Å². The summed E-state index contributed by atoms with van der Waals surface area (Å²) in [5.41, 5.74) is 1.70. The number of nitriles is 1. The van der Waals surface area contributed by atoms with Crippen LogP contribution < -0.4 is 10.6 Å². The van der Waals surface area contributed by atoms with Crippen LogP contribution in [0.1, 0.15) is 43.0 Å². The van der Waals surface area contributed by atoms with E-state index in [4.69, 9.17) is 5.26 Å². The molecule has 0 radical (unpaired) electrons. The molecule has 3 aromatic carbocycles. The number of nitrogens with zero attached hydrogens (tertiary/aromatic N) is 1. The number of nitrogens with one attached hydrogen (secondary N) is 2. The van der Waals surface area contributed by atoms with Crippen molar-refractivity contribution in [2.24, 2.45) is 0 Å². The van der Waals surface area contributed by atoms with Crippen molar-refractivity contribution in [1.29, 1.82) is 5.26 Å². The van der Waals surface area contributed by atoms with Gasteiger partial charge in [0.1, 0.15) is 0 Å². The van der Waals surface area contributed by atoms with Crippen LogP contribution >= 0.6 is 0 Å². The molecule has 0 saturated carbocycles. The third kappa shape index (κ3) is 5.51. The lowest BCUT2D eigenvalue weighted by atomic mass is 9.99. The average Bonchev–Trinajstić information content (AvgIpc) is 2.80. The molecule has 34 heavy (non-hydrogen) atoms. The summed E-state index contributed by atoms with van der Waals surface area (Å²) in [4.78, 5) is 25.3. The Balaban J connectivity index is 1.77. The SMILES string of the molecule is C=C(c1cc(C)c(NC(=O)c2cccc(NC(=O)c3ccc(C#N)cc3)c2)c(C)c1)C(F)(F)F. The van der Waals surface area contributed by atoms with E-state index < -0.39 is 23.6 Å². The first-order valence-corrected chi connectivity index (χ1v) is 10.1. The number of allylic oxidation sites excluding steroid dienone is 1. The maximum Gasteiger partial charge on any atom is 0.416 e. The molecule has 3 rings (SSSR count). The highest BCUT2D eigenvalue weighted by molar-refractivity contribution is 6.08. The number of anilines is 2. The van der Waals surface area contributed by atoms with Gasteiger partial charge in [0.25, 0.3) is 11.8 Å². The van der Waals surface area contributed by atoms with Crippen molar-refractivity contribution >= 4 is 28.8 Å². The molecule has 5 nitrogen and oxygen atoms in total. The number of carbonyl (C=O) groups excluding carboxylic acids is 2. The zero-order chi connectivity index (χ0) is 25.0. The lowest BCUT2D eigenvalue weighted by molar-refractivity contribution is -0.0686. The summed E-state index contributed by atoms with van der Waals surface area (Å²) < 4.78 is 39.0. The van der Waals surface area contributed by atoms with Crippen LogP contribution in [-0.2, 0) is 0 Å². The van der Waals surface area contributed by atoms with Crippen LogP contribution in [0.4, 0.5) is 24.5 Å². The first-order valence-electron chi connectivity index (χ1n) is 10.1. The normalized spacial score (nSPS) is 10.8. The van der Waals surface area contributed by atoms with Crippen molar-refractivity contribution in [3.8, 4) is 6.07 Å². The standard InChI is InChI=1S/C26H20F3N3O2/c1-15-11-21(17(3)26(27,28)29)12-16(2)23(15)32-25(34)20-5-4-6-22(13-20)31-24(33)19-9-7-18(14-30)8-10-19/h4-13H,3H2,1-2H3,(H,31,33)(H,32,34). The van der Waals surface area contributed by atoms with Crippen molar-refractivity contribution < 1.29 is 22.8 Å². The van der Waals surface area contributed by atoms with E-state index in [1.165, 1.54) is 42.5 Å². The largest absolute Gasteiger partial charge is 0.416 e. The molecule has 3 aromatic rings. The first-order chi connectivity index (χ1) is 16.0.